The van der Waals surface area contributed by atoms with Gasteiger partial charge in [0, 0.05) is 6.54 Å². The third kappa shape index (κ3) is 9.51. The molecule has 3 N–H and O–H groups in total. The van der Waals surface area contributed by atoms with Crippen LogP contribution in [0.2, 0.25) is 0 Å². The van der Waals surface area contributed by atoms with Gasteiger partial charge in [0.05, 0.1) is 0 Å². The number of nitrogens with one attached hydrogen (secondary N) is 1. The van der Waals surface area contributed by atoms with Gasteiger partial charge in [-0.15, -0.1) is 12.4 Å². The first kappa shape index (κ1) is 11.1. The summed E-state index contributed by atoms with van der Waals surface area (Å²) in [6.07, 6.45) is 0. The normalized spacial score (nSPS) is 10.5. The van der Waals surface area contributed by atoms with Crippen molar-refractivity contribution in [1.82, 2.24) is 5.43 Å². The van der Waals surface area contributed by atoms with Crippen molar-refractivity contribution in [2.75, 3.05) is 6.54 Å². The molecule has 3 heteroatoms. The van der Waals surface area contributed by atoms with E-state index in [9.17, 15) is 0 Å². The number of hydrogen-bond acceptors (Lipinski definition) is 2. The van der Waals surface area contributed by atoms with Gasteiger partial charge in [0.15, 0.2) is 0 Å². The third-order valence-corrected chi connectivity index (χ3v) is 0.632. The number of rotatable bonds is 1. The molecule has 0 aromatic carbocycles. The first-order valence-electron chi connectivity index (χ1n) is 2.50. The Bertz CT molecular complexity index is 48.9. The Morgan fingerprint density at radius 1 is 1.38 bits per heavy atom. The second kappa shape index (κ2) is 4.13. The molecule has 0 bridgehead atoms. The Balaban J connectivity index is 0. The van der Waals surface area contributed by atoms with Gasteiger partial charge >= 0.3 is 0 Å². The summed E-state index contributed by atoms with van der Waals surface area (Å²) in [5.74, 6) is 5.06. The van der Waals surface area contributed by atoms with Crippen LogP contribution in [-0.4, -0.2) is 6.54 Å². The topological polar surface area (TPSA) is 38.0 Å². The fraction of sp³-hybridized carbons (Fsp3) is 1.00. The van der Waals surface area contributed by atoms with Crippen molar-refractivity contribution in [3.8, 4) is 0 Å². The molecule has 0 heterocycles. The molecule has 0 rings (SSSR count). The van der Waals surface area contributed by atoms with Crippen LogP contribution in [0.1, 0.15) is 20.8 Å². The van der Waals surface area contributed by atoms with Crippen molar-refractivity contribution in [3.63, 3.8) is 0 Å². The summed E-state index contributed by atoms with van der Waals surface area (Å²) in [6.45, 7) is 7.26. The molecule has 8 heavy (non-hydrogen) atoms. The second-order valence-corrected chi connectivity index (χ2v) is 2.94. The quantitative estimate of drug-likeness (QED) is 0.418. The lowest BCUT2D eigenvalue weighted by molar-refractivity contribution is 0.384. The summed E-state index contributed by atoms with van der Waals surface area (Å²) in [4.78, 5) is 0. The number of hydrazine groups is 1. The first-order valence-corrected chi connectivity index (χ1v) is 2.50. The zero-order valence-corrected chi connectivity index (χ0v) is 6.51. The number of nitrogens with two attached hydrogens (primary N) is 1. The predicted molar refractivity (Wildman–Crippen MR) is 38.9 cm³/mol. The summed E-state index contributed by atoms with van der Waals surface area (Å²) < 4.78 is 0. The zero-order chi connectivity index (χ0) is 5.91. The standard InChI is InChI=1S/C5H14N2.ClH/c1-5(2,3)4-7-6;/h7H,4,6H2,1-3H3;1H. The Morgan fingerprint density at radius 3 is 1.75 bits per heavy atom. The summed E-state index contributed by atoms with van der Waals surface area (Å²) in [7, 11) is 0. The molecule has 0 amide bonds. The monoisotopic (exact) mass is 138 g/mol. The van der Waals surface area contributed by atoms with E-state index in [-0.39, 0.29) is 12.4 Å². The maximum absolute atomic E-state index is 5.06. The lowest BCUT2D eigenvalue weighted by Crippen LogP contribution is -2.31. The fourth-order valence-electron chi connectivity index (χ4n) is 0.306. The van der Waals surface area contributed by atoms with E-state index < -0.39 is 0 Å². The fourth-order valence-corrected chi connectivity index (χ4v) is 0.306. The third-order valence-electron chi connectivity index (χ3n) is 0.632. The van der Waals surface area contributed by atoms with E-state index in [1.54, 1.807) is 0 Å². The molecule has 0 aromatic rings. The molecule has 0 unspecified atom stereocenters. The van der Waals surface area contributed by atoms with E-state index in [1.807, 2.05) is 0 Å². The van der Waals surface area contributed by atoms with Crippen molar-refractivity contribution in [1.29, 1.82) is 0 Å². The molecule has 0 aliphatic heterocycles. The molecular weight excluding hydrogens is 124 g/mol. The largest absolute Gasteiger partial charge is 0.271 e. The van der Waals surface area contributed by atoms with Crippen LogP contribution in [-0.2, 0) is 0 Å². The van der Waals surface area contributed by atoms with E-state index in [1.165, 1.54) is 0 Å². The van der Waals surface area contributed by atoms with Crippen molar-refractivity contribution >= 4 is 12.4 Å². The molecule has 0 aliphatic rings. The van der Waals surface area contributed by atoms with E-state index in [0.717, 1.165) is 6.54 Å². The van der Waals surface area contributed by atoms with Gasteiger partial charge in [-0.1, -0.05) is 20.8 Å². The summed E-state index contributed by atoms with van der Waals surface area (Å²) in [5, 5.41) is 0. The van der Waals surface area contributed by atoms with Crippen molar-refractivity contribution in [3.05, 3.63) is 0 Å². The van der Waals surface area contributed by atoms with Crippen LogP contribution in [0.3, 0.4) is 0 Å². The van der Waals surface area contributed by atoms with E-state index >= 15 is 0 Å². The maximum atomic E-state index is 5.06. The molecule has 0 aliphatic carbocycles. The summed E-state index contributed by atoms with van der Waals surface area (Å²) in [6, 6.07) is 0. The van der Waals surface area contributed by atoms with Gasteiger partial charge in [0.25, 0.3) is 0 Å². The molecule has 0 spiro atoms. The van der Waals surface area contributed by atoms with Gasteiger partial charge in [-0.05, 0) is 5.41 Å². The Kier molecular flexibility index (Phi) is 5.71. The van der Waals surface area contributed by atoms with Gasteiger partial charge in [-0.25, -0.2) is 0 Å². The smallest absolute Gasteiger partial charge is 0.0146 e. The Labute approximate surface area is 57.2 Å². The molecule has 0 atom stereocenters. The van der Waals surface area contributed by atoms with E-state index in [2.05, 4.69) is 26.2 Å². The van der Waals surface area contributed by atoms with Crippen molar-refractivity contribution < 1.29 is 0 Å². The van der Waals surface area contributed by atoms with Crippen LogP contribution in [0.4, 0.5) is 0 Å². The molecule has 0 radical (unpaired) electrons. The predicted octanol–water partition coefficient (Wildman–Crippen LogP) is 0.918. The van der Waals surface area contributed by atoms with Gasteiger partial charge in [0.2, 0.25) is 0 Å². The minimum atomic E-state index is 0. The summed E-state index contributed by atoms with van der Waals surface area (Å²) in [5.41, 5.74) is 2.92. The highest BCUT2D eigenvalue weighted by Gasteiger charge is 2.06. The van der Waals surface area contributed by atoms with Crippen molar-refractivity contribution in [2.24, 2.45) is 11.3 Å². The van der Waals surface area contributed by atoms with Crippen LogP contribution in [0.15, 0.2) is 0 Å². The maximum Gasteiger partial charge on any atom is 0.0146 e. The molecule has 2 nitrogen and oxygen atoms in total. The van der Waals surface area contributed by atoms with Gasteiger partial charge in [-0.2, -0.15) is 0 Å². The Morgan fingerprint density at radius 2 is 1.75 bits per heavy atom. The molecule has 0 fully saturated rings. The van der Waals surface area contributed by atoms with Crippen LogP contribution >= 0.6 is 12.4 Å². The zero-order valence-electron chi connectivity index (χ0n) is 5.69. The van der Waals surface area contributed by atoms with Gasteiger partial charge < -0.3 is 0 Å². The van der Waals surface area contributed by atoms with Crippen LogP contribution < -0.4 is 11.3 Å². The average molecular weight is 139 g/mol. The second-order valence-electron chi connectivity index (χ2n) is 2.94. The summed E-state index contributed by atoms with van der Waals surface area (Å²) >= 11 is 0. The highest BCUT2D eigenvalue weighted by Crippen LogP contribution is 2.08. The minimum Gasteiger partial charge on any atom is -0.271 e. The molecule has 52 valence electrons. The van der Waals surface area contributed by atoms with Crippen LogP contribution in [0, 0.1) is 5.41 Å². The lowest BCUT2D eigenvalue weighted by Gasteiger charge is -2.15. The van der Waals surface area contributed by atoms with Crippen LogP contribution in [0.5, 0.6) is 0 Å². The highest BCUT2D eigenvalue weighted by molar-refractivity contribution is 5.85. The minimum absolute atomic E-state index is 0. The lowest BCUT2D eigenvalue weighted by atomic mass is 9.98. The first-order chi connectivity index (χ1) is 3.06. The van der Waals surface area contributed by atoms with Crippen molar-refractivity contribution in [2.45, 2.75) is 20.8 Å². The number of hydrogen-bond donors (Lipinski definition) is 2. The van der Waals surface area contributed by atoms with E-state index in [4.69, 9.17) is 5.84 Å². The SMILES string of the molecule is CC(C)(C)CNN.Cl. The molecule has 0 saturated carbocycles. The van der Waals surface area contributed by atoms with Gasteiger partial charge in [-0.3, -0.25) is 11.3 Å². The average Bonchev–Trinajstić information content (AvgIpc) is 1.30. The highest BCUT2D eigenvalue weighted by atomic mass is 35.5. The number of halogens is 1. The molecule has 0 aromatic heterocycles. The van der Waals surface area contributed by atoms with Gasteiger partial charge in [0.1, 0.15) is 0 Å². The molecular formula is C5H15ClN2. The molecule has 0 saturated heterocycles. The van der Waals surface area contributed by atoms with E-state index in [0.29, 0.717) is 5.41 Å². The van der Waals surface area contributed by atoms with Crippen LogP contribution in [0.25, 0.3) is 0 Å². The Hall–Kier alpha value is 0.210.